The summed E-state index contributed by atoms with van der Waals surface area (Å²) in [6.45, 7) is 3.52. The number of carboxylic acid groups (broad SMARTS) is 1. The summed E-state index contributed by atoms with van der Waals surface area (Å²) in [6.07, 6.45) is 3.27. The highest BCUT2D eigenvalue weighted by atomic mass is 35.5. The zero-order chi connectivity index (χ0) is 10.4. The standard InChI is InChI=1S/C9H14ClNO2/c1-3-4-8(10)7(6(2)11)5-9(12)13/h3-4,6H,5,11H2,1-2H3,(H,12,13). The molecule has 1 atom stereocenters. The maximum atomic E-state index is 10.5. The second-order valence-electron chi connectivity index (χ2n) is 2.73. The molecule has 0 bridgehead atoms. The zero-order valence-corrected chi connectivity index (χ0v) is 8.51. The first-order valence-electron chi connectivity index (χ1n) is 3.97. The molecule has 0 aromatic rings. The van der Waals surface area contributed by atoms with Crippen LogP contribution in [0.5, 0.6) is 0 Å². The monoisotopic (exact) mass is 203 g/mol. The highest BCUT2D eigenvalue weighted by Crippen LogP contribution is 2.17. The Morgan fingerprint density at radius 2 is 2.23 bits per heavy atom. The first-order chi connectivity index (χ1) is 5.99. The van der Waals surface area contributed by atoms with E-state index in [-0.39, 0.29) is 12.5 Å². The van der Waals surface area contributed by atoms with Crippen LogP contribution >= 0.6 is 11.6 Å². The molecule has 0 aliphatic heterocycles. The lowest BCUT2D eigenvalue weighted by molar-refractivity contribution is -0.136. The number of rotatable bonds is 4. The van der Waals surface area contributed by atoms with Crippen molar-refractivity contribution in [1.82, 2.24) is 0 Å². The third-order valence-electron chi connectivity index (χ3n) is 1.51. The van der Waals surface area contributed by atoms with Crippen molar-refractivity contribution in [3.63, 3.8) is 0 Å². The van der Waals surface area contributed by atoms with Gasteiger partial charge in [-0.2, -0.15) is 0 Å². The van der Waals surface area contributed by atoms with Crippen LogP contribution in [0.25, 0.3) is 0 Å². The lowest BCUT2D eigenvalue weighted by Crippen LogP contribution is -2.20. The predicted molar refractivity (Wildman–Crippen MR) is 53.6 cm³/mol. The maximum absolute atomic E-state index is 10.5. The highest BCUT2D eigenvalue weighted by molar-refractivity contribution is 6.31. The van der Waals surface area contributed by atoms with Crippen LogP contribution in [0.4, 0.5) is 0 Å². The molecule has 0 rings (SSSR count). The number of aliphatic carboxylic acids is 1. The van der Waals surface area contributed by atoms with E-state index < -0.39 is 5.97 Å². The van der Waals surface area contributed by atoms with E-state index in [4.69, 9.17) is 22.4 Å². The molecule has 0 spiro atoms. The number of hydrogen-bond acceptors (Lipinski definition) is 2. The SMILES string of the molecule is CC=CC(Cl)=C(CC(=O)O)C(C)N. The van der Waals surface area contributed by atoms with Crippen LogP contribution in [0, 0.1) is 0 Å². The van der Waals surface area contributed by atoms with E-state index in [1.807, 2.05) is 6.92 Å². The Bertz CT molecular complexity index is 244. The molecule has 1 unspecified atom stereocenters. The van der Waals surface area contributed by atoms with Gasteiger partial charge in [-0.1, -0.05) is 17.7 Å². The molecular formula is C9H14ClNO2. The fourth-order valence-corrected chi connectivity index (χ4v) is 1.24. The van der Waals surface area contributed by atoms with Gasteiger partial charge in [0.2, 0.25) is 0 Å². The van der Waals surface area contributed by atoms with E-state index in [2.05, 4.69) is 0 Å². The lowest BCUT2D eigenvalue weighted by atomic mass is 10.1. The van der Waals surface area contributed by atoms with E-state index in [0.717, 1.165) is 0 Å². The summed E-state index contributed by atoms with van der Waals surface area (Å²) >= 11 is 5.84. The van der Waals surface area contributed by atoms with Crippen LogP contribution in [-0.4, -0.2) is 17.1 Å². The summed E-state index contributed by atoms with van der Waals surface area (Å²) in [7, 11) is 0. The maximum Gasteiger partial charge on any atom is 0.307 e. The molecule has 3 nitrogen and oxygen atoms in total. The number of halogens is 1. The Labute approximate surface area is 82.9 Å². The average Bonchev–Trinajstić information content (AvgIpc) is 1.99. The molecule has 0 aromatic carbocycles. The minimum absolute atomic E-state index is 0.110. The van der Waals surface area contributed by atoms with Gasteiger partial charge in [0.05, 0.1) is 6.42 Å². The molecule has 0 saturated carbocycles. The van der Waals surface area contributed by atoms with Crippen LogP contribution in [0.3, 0.4) is 0 Å². The van der Waals surface area contributed by atoms with Gasteiger partial charge in [0, 0.05) is 11.1 Å². The van der Waals surface area contributed by atoms with Crippen LogP contribution in [0.15, 0.2) is 22.8 Å². The second-order valence-corrected chi connectivity index (χ2v) is 3.14. The molecule has 0 aromatic heterocycles. The first kappa shape index (κ1) is 12.2. The van der Waals surface area contributed by atoms with Gasteiger partial charge in [0.15, 0.2) is 0 Å². The summed E-state index contributed by atoms with van der Waals surface area (Å²) in [5.74, 6) is -0.921. The molecule has 74 valence electrons. The fraction of sp³-hybridized carbons (Fsp3) is 0.444. The van der Waals surface area contributed by atoms with E-state index in [1.165, 1.54) is 0 Å². The van der Waals surface area contributed by atoms with Gasteiger partial charge >= 0.3 is 5.97 Å². The van der Waals surface area contributed by atoms with Crippen LogP contribution in [0.1, 0.15) is 20.3 Å². The minimum Gasteiger partial charge on any atom is -0.481 e. The number of hydrogen-bond donors (Lipinski definition) is 2. The summed E-state index contributed by atoms with van der Waals surface area (Å²) in [4.78, 5) is 10.5. The molecule has 0 amide bonds. The number of carbonyl (C=O) groups is 1. The minimum atomic E-state index is -0.921. The van der Waals surface area contributed by atoms with Gasteiger partial charge in [-0.05, 0) is 25.5 Å². The van der Waals surface area contributed by atoms with Gasteiger partial charge in [-0.15, -0.1) is 0 Å². The Kier molecular flexibility index (Phi) is 5.42. The van der Waals surface area contributed by atoms with Crippen molar-refractivity contribution in [2.24, 2.45) is 5.73 Å². The third kappa shape index (κ3) is 4.70. The van der Waals surface area contributed by atoms with Gasteiger partial charge in [0.1, 0.15) is 0 Å². The molecule has 0 saturated heterocycles. The van der Waals surface area contributed by atoms with Crippen LogP contribution < -0.4 is 5.73 Å². The van der Waals surface area contributed by atoms with Gasteiger partial charge in [-0.25, -0.2) is 0 Å². The Balaban J connectivity index is 4.77. The fourth-order valence-electron chi connectivity index (χ4n) is 0.879. The number of nitrogens with two attached hydrogens (primary N) is 1. The number of allylic oxidation sites excluding steroid dienone is 3. The summed E-state index contributed by atoms with van der Waals surface area (Å²) in [6, 6.07) is -0.334. The van der Waals surface area contributed by atoms with Crippen molar-refractivity contribution < 1.29 is 9.90 Å². The van der Waals surface area contributed by atoms with Gasteiger partial charge in [-0.3, -0.25) is 4.79 Å². The van der Waals surface area contributed by atoms with Crippen molar-refractivity contribution in [3.05, 3.63) is 22.8 Å². The van der Waals surface area contributed by atoms with Crippen molar-refractivity contribution in [2.45, 2.75) is 26.3 Å². The molecule has 0 radical (unpaired) electrons. The van der Waals surface area contributed by atoms with Crippen LogP contribution in [0.2, 0.25) is 0 Å². The normalized spacial score (nSPS) is 15.7. The highest BCUT2D eigenvalue weighted by Gasteiger charge is 2.11. The Morgan fingerprint density at radius 1 is 1.69 bits per heavy atom. The quantitative estimate of drug-likeness (QED) is 0.686. The summed E-state index contributed by atoms with van der Waals surface area (Å²) in [5.41, 5.74) is 6.12. The molecule has 0 heterocycles. The molecular weight excluding hydrogens is 190 g/mol. The van der Waals surface area contributed by atoms with Gasteiger partial charge in [0.25, 0.3) is 0 Å². The Morgan fingerprint density at radius 3 is 2.54 bits per heavy atom. The summed E-state index contributed by atoms with van der Waals surface area (Å²) in [5, 5.41) is 8.99. The van der Waals surface area contributed by atoms with E-state index in [9.17, 15) is 4.79 Å². The second kappa shape index (κ2) is 5.78. The van der Waals surface area contributed by atoms with Crippen molar-refractivity contribution in [2.75, 3.05) is 0 Å². The van der Waals surface area contributed by atoms with Crippen LogP contribution in [-0.2, 0) is 4.79 Å². The third-order valence-corrected chi connectivity index (χ3v) is 1.88. The smallest absolute Gasteiger partial charge is 0.307 e. The first-order valence-corrected chi connectivity index (χ1v) is 4.35. The van der Waals surface area contributed by atoms with Crippen molar-refractivity contribution in [1.29, 1.82) is 0 Å². The molecule has 3 N–H and O–H groups in total. The van der Waals surface area contributed by atoms with Crippen molar-refractivity contribution >= 4 is 17.6 Å². The average molecular weight is 204 g/mol. The van der Waals surface area contributed by atoms with Gasteiger partial charge < -0.3 is 10.8 Å². The van der Waals surface area contributed by atoms with E-state index in [0.29, 0.717) is 10.6 Å². The molecule has 0 aliphatic carbocycles. The molecule has 0 fully saturated rings. The Hall–Kier alpha value is -0.800. The zero-order valence-electron chi connectivity index (χ0n) is 7.75. The van der Waals surface area contributed by atoms with Crippen molar-refractivity contribution in [3.8, 4) is 0 Å². The lowest BCUT2D eigenvalue weighted by Gasteiger charge is -2.09. The topological polar surface area (TPSA) is 63.3 Å². The van der Waals surface area contributed by atoms with E-state index >= 15 is 0 Å². The largest absolute Gasteiger partial charge is 0.481 e. The molecule has 13 heavy (non-hydrogen) atoms. The summed E-state index contributed by atoms with van der Waals surface area (Å²) < 4.78 is 0. The molecule has 0 aliphatic rings. The van der Waals surface area contributed by atoms with E-state index in [1.54, 1.807) is 19.1 Å². The molecule has 4 heteroatoms. The number of carboxylic acids is 1. The predicted octanol–water partition coefficient (Wildman–Crippen LogP) is 1.88.